The van der Waals surface area contributed by atoms with Crippen molar-refractivity contribution in [2.45, 2.75) is 55.1 Å². The summed E-state index contributed by atoms with van der Waals surface area (Å²) in [5.41, 5.74) is 3.11. The standard InChI is InChI=1S/C32H42N2O9S/c1-2-16-41-17-18-42-19-20-44-32(31(39)40)14-12-26(34-29(38)22-35)30(43-32)27(36)13-15-33-28(37)21-23-8-10-25(11-9-23)24-6-4-3-5-7-24/h1,3-11,26-28,30,33,35-37H,12-22H2,(H,34,38)(H,39,40)/t26-,27-,28?,30-,32+/m1/s1. The van der Waals surface area contributed by atoms with E-state index in [1.165, 1.54) is 0 Å². The topological polar surface area (TPSA) is 167 Å². The van der Waals surface area contributed by atoms with E-state index in [2.05, 4.69) is 16.6 Å². The maximum atomic E-state index is 12.4. The van der Waals surface area contributed by atoms with Gasteiger partial charge in [0.15, 0.2) is 0 Å². The van der Waals surface area contributed by atoms with Gasteiger partial charge < -0.3 is 40.0 Å². The molecular weight excluding hydrogens is 588 g/mol. The number of aliphatic hydroxyl groups excluding tert-OH is 3. The van der Waals surface area contributed by atoms with Crippen molar-refractivity contribution < 1.29 is 44.2 Å². The Morgan fingerprint density at radius 2 is 1.77 bits per heavy atom. The highest BCUT2D eigenvalue weighted by Crippen LogP contribution is 2.40. The Balaban J connectivity index is 1.53. The first kappa shape index (κ1) is 35.5. The molecule has 0 saturated carbocycles. The van der Waals surface area contributed by atoms with Gasteiger partial charge in [-0.05, 0) is 36.0 Å². The lowest BCUT2D eigenvalue weighted by Crippen LogP contribution is -2.59. The van der Waals surface area contributed by atoms with Crippen LogP contribution in [0.3, 0.4) is 0 Å². The number of hydrogen-bond acceptors (Lipinski definition) is 10. The normalized spacial score (nSPS) is 21.2. The molecule has 240 valence electrons. The predicted octanol–water partition coefficient (Wildman–Crippen LogP) is 1.39. The fraction of sp³-hybridized carbons (Fsp3) is 0.500. The average molecular weight is 631 g/mol. The van der Waals surface area contributed by atoms with Crippen LogP contribution < -0.4 is 10.6 Å². The van der Waals surface area contributed by atoms with Crippen molar-refractivity contribution in [3.05, 3.63) is 60.2 Å². The Kier molecular flexibility index (Phi) is 15.1. The van der Waals surface area contributed by atoms with Gasteiger partial charge in [0.05, 0.1) is 32.0 Å². The molecule has 1 aliphatic rings. The van der Waals surface area contributed by atoms with E-state index in [9.17, 15) is 30.0 Å². The molecule has 44 heavy (non-hydrogen) atoms. The zero-order chi connectivity index (χ0) is 31.8. The molecule has 0 aliphatic carbocycles. The van der Waals surface area contributed by atoms with Gasteiger partial charge in [-0.25, -0.2) is 4.79 Å². The fourth-order valence-electron chi connectivity index (χ4n) is 4.89. The van der Waals surface area contributed by atoms with Gasteiger partial charge in [0.25, 0.3) is 0 Å². The summed E-state index contributed by atoms with van der Waals surface area (Å²) in [5, 5.41) is 46.6. The van der Waals surface area contributed by atoms with Crippen LogP contribution in [0.4, 0.5) is 0 Å². The van der Waals surface area contributed by atoms with Gasteiger partial charge in [-0.1, -0.05) is 60.5 Å². The molecule has 1 fully saturated rings. The quantitative estimate of drug-likeness (QED) is 0.0755. The highest BCUT2D eigenvalue weighted by Gasteiger charge is 2.50. The van der Waals surface area contributed by atoms with Gasteiger partial charge in [-0.15, -0.1) is 18.2 Å². The Morgan fingerprint density at radius 3 is 2.45 bits per heavy atom. The second-order valence-corrected chi connectivity index (χ2v) is 11.7. The summed E-state index contributed by atoms with van der Waals surface area (Å²) >= 11 is 1.05. The van der Waals surface area contributed by atoms with Gasteiger partial charge >= 0.3 is 5.97 Å². The van der Waals surface area contributed by atoms with Gasteiger partial charge in [0.2, 0.25) is 10.8 Å². The summed E-state index contributed by atoms with van der Waals surface area (Å²) < 4.78 is 16.7. The molecule has 3 rings (SSSR count). The molecule has 12 heteroatoms. The third-order valence-corrected chi connectivity index (χ3v) is 8.45. The van der Waals surface area contributed by atoms with E-state index in [1.807, 2.05) is 54.6 Å². The number of thioether (sulfide) groups is 1. The Bertz CT molecular complexity index is 1190. The predicted molar refractivity (Wildman–Crippen MR) is 167 cm³/mol. The molecular formula is C32H42N2O9S. The van der Waals surface area contributed by atoms with E-state index >= 15 is 0 Å². The van der Waals surface area contributed by atoms with E-state index in [-0.39, 0.29) is 39.0 Å². The molecule has 2 aromatic rings. The Hall–Kier alpha value is -2.99. The molecule has 1 heterocycles. The second kappa shape index (κ2) is 18.7. The van der Waals surface area contributed by atoms with Gasteiger partial charge in [-0.2, -0.15) is 0 Å². The fourth-order valence-corrected chi connectivity index (χ4v) is 5.98. The van der Waals surface area contributed by atoms with Gasteiger partial charge in [0.1, 0.15) is 25.5 Å². The molecule has 0 radical (unpaired) electrons. The van der Waals surface area contributed by atoms with E-state index in [4.69, 9.17) is 20.6 Å². The van der Waals surface area contributed by atoms with Crippen molar-refractivity contribution in [3.8, 4) is 23.5 Å². The smallest absolute Gasteiger partial charge is 0.346 e. The van der Waals surface area contributed by atoms with Crippen molar-refractivity contribution >= 4 is 23.6 Å². The largest absolute Gasteiger partial charge is 0.478 e. The number of terminal acetylenes is 1. The van der Waals surface area contributed by atoms with Crippen LogP contribution >= 0.6 is 11.8 Å². The van der Waals surface area contributed by atoms with E-state index in [1.54, 1.807) is 0 Å². The van der Waals surface area contributed by atoms with E-state index < -0.39 is 47.9 Å². The number of nitrogens with one attached hydrogen (secondary N) is 2. The highest BCUT2D eigenvalue weighted by atomic mass is 32.2. The third-order valence-electron chi connectivity index (χ3n) is 7.13. The number of carboxylic acid groups (broad SMARTS) is 1. The SMILES string of the molecule is C#CCOCCOCCS[C@]1(C(=O)O)CC[C@@H](NC(=O)CO)[C@H]([C@H](O)CCNC(O)Cc2ccc(-c3ccccc3)cc2)O1. The van der Waals surface area contributed by atoms with Gasteiger partial charge in [0, 0.05) is 18.7 Å². The minimum absolute atomic E-state index is 0.0674. The minimum Gasteiger partial charge on any atom is -0.478 e. The van der Waals surface area contributed by atoms with E-state index in [0.29, 0.717) is 25.4 Å². The molecule has 0 aromatic heterocycles. The monoisotopic (exact) mass is 630 g/mol. The van der Waals surface area contributed by atoms with Crippen LogP contribution in [0.2, 0.25) is 0 Å². The summed E-state index contributed by atoms with van der Waals surface area (Å²) in [6, 6.07) is 17.2. The Labute approximate surface area is 262 Å². The van der Waals surface area contributed by atoms with E-state index in [0.717, 1.165) is 28.5 Å². The number of hydrogen-bond donors (Lipinski definition) is 6. The molecule has 1 aliphatic heterocycles. The van der Waals surface area contributed by atoms with Crippen molar-refractivity contribution in [1.82, 2.24) is 10.6 Å². The molecule has 0 bridgehead atoms. The minimum atomic E-state index is -1.66. The Morgan fingerprint density at radius 1 is 1.07 bits per heavy atom. The summed E-state index contributed by atoms with van der Waals surface area (Å²) in [6.07, 6.45) is 2.74. The zero-order valence-electron chi connectivity index (χ0n) is 24.6. The lowest BCUT2D eigenvalue weighted by Gasteiger charge is -2.44. The molecule has 1 saturated heterocycles. The molecule has 0 spiro atoms. The number of benzene rings is 2. The number of aliphatic carboxylic acids is 1. The number of aliphatic hydroxyl groups is 3. The second-order valence-electron chi connectivity index (χ2n) is 10.3. The van der Waals surface area contributed by atoms with Crippen molar-refractivity contribution in [2.75, 3.05) is 45.3 Å². The zero-order valence-corrected chi connectivity index (χ0v) is 25.4. The van der Waals surface area contributed by atoms with Gasteiger partial charge in [-0.3, -0.25) is 10.1 Å². The van der Waals surface area contributed by atoms with Crippen LogP contribution in [0.1, 0.15) is 24.8 Å². The first-order chi connectivity index (χ1) is 21.3. The van der Waals surface area contributed by atoms with Crippen molar-refractivity contribution in [1.29, 1.82) is 0 Å². The molecule has 6 N–H and O–H groups in total. The number of carbonyl (C=O) groups is 2. The highest BCUT2D eigenvalue weighted by molar-refractivity contribution is 8.01. The van der Waals surface area contributed by atoms with Crippen LogP contribution in [0, 0.1) is 12.3 Å². The van der Waals surface area contributed by atoms with Crippen LogP contribution in [0.5, 0.6) is 0 Å². The summed E-state index contributed by atoms with van der Waals surface area (Å²) in [7, 11) is 0. The molecule has 11 nitrogen and oxygen atoms in total. The first-order valence-corrected chi connectivity index (χ1v) is 15.5. The van der Waals surface area contributed by atoms with Crippen LogP contribution in [-0.4, -0.2) is 107 Å². The number of carbonyl (C=O) groups excluding carboxylic acids is 1. The number of ether oxygens (including phenoxy) is 3. The molecule has 2 aromatic carbocycles. The molecule has 1 amide bonds. The lowest BCUT2D eigenvalue weighted by atomic mass is 9.93. The summed E-state index contributed by atoms with van der Waals surface area (Å²) in [4.78, 5) is 22.7. The summed E-state index contributed by atoms with van der Waals surface area (Å²) in [5.74, 6) is 0.807. The lowest BCUT2D eigenvalue weighted by molar-refractivity contribution is -0.179. The molecule has 5 atom stereocenters. The van der Waals surface area contributed by atoms with Crippen molar-refractivity contribution in [2.24, 2.45) is 0 Å². The maximum Gasteiger partial charge on any atom is 0.346 e. The van der Waals surface area contributed by atoms with Crippen LogP contribution in [-0.2, 0) is 30.2 Å². The number of amides is 1. The number of carboxylic acids is 1. The van der Waals surface area contributed by atoms with Crippen LogP contribution in [0.25, 0.3) is 11.1 Å². The first-order valence-electron chi connectivity index (χ1n) is 14.6. The van der Waals surface area contributed by atoms with Crippen LogP contribution in [0.15, 0.2) is 54.6 Å². The van der Waals surface area contributed by atoms with Crippen molar-refractivity contribution in [3.63, 3.8) is 0 Å². The third kappa shape index (κ3) is 11.2. The summed E-state index contributed by atoms with van der Waals surface area (Å²) in [6.45, 7) is 0.506. The average Bonchev–Trinajstić information content (AvgIpc) is 3.03. The molecule has 1 unspecified atom stereocenters. The maximum absolute atomic E-state index is 12.4. The number of rotatable bonds is 19.